The van der Waals surface area contributed by atoms with Crippen LogP contribution in [-0.2, 0) is 24.2 Å². The molecule has 1 amide bonds. The minimum atomic E-state index is -0.565. The van der Waals surface area contributed by atoms with Gasteiger partial charge in [0.15, 0.2) is 0 Å². The van der Waals surface area contributed by atoms with E-state index >= 15 is 0 Å². The Kier molecular flexibility index (Phi) is 5.69. The van der Waals surface area contributed by atoms with Gasteiger partial charge in [0.2, 0.25) is 5.91 Å². The van der Waals surface area contributed by atoms with Crippen LogP contribution in [0.1, 0.15) is 23.2 Å². The van der Waals surface area contributed by atoms with Gasteiger partial charge in [0.1, 0.15) is 0 Å². The number of nitrogens with one attached hydrogen (secondary N) is 1. The molecular weight excluding hydrogens is 352 g/mol. The van der Waals surface area contributed by atoms with Crippen LogP contribution in [0.4, 0.5) is 0 Å². The number of fused-ring (bicyclic) bond motifs is 2. The molecule has 3 aromatic rings. The third-order valence-electron chi connectivity index (χ3n) is 5.24. The molecule has 0 bridgehead atoms. The topological polar surface area (TPSA) is 69.9 Å². The molecule has 0 aliphatic carbocycles. The second-order valence-corrected chi connectivity index (χ2v) is 7.42. The number of amides is 1. The van der Waals surface area contributed by atoms with E-state index in [-0.39, 0.29) is 12.5 Å². The maximum Gasteiger partial charge on any atom is 0.220 e. The van der Waals surface area contributed by atoms with Crippen molar-refractivity contribution in [3.63, 3.8) is 0 Å². The SMILES string of the molecule is O=C(CCc1cc2ccccn2n1)NCC(O)CN1CCc2ccccc2C1. The molecule has 6 nitrogen and oxygen atoms in total. The van der Waals surface area contributed by atoms with Gasteiger partial charge in [-0.1, -0.05) is 30.3 Å². The molecule has 2 N–H and O–H groups in total. The van der Waals surface area contributed by atoms with Gasteiger partial charge in [0, 0.05) is 45.2 Å². The zero-order chi connectivity index (χ0) is 19.3. The number of carbonyl (C=O) groups excluding carboxylic acids is 1. The largest absolute Gasteiger partial charge is 0.390 e. The summed E-state index contributed by atoms with van der Waals surface area (Å²) in [6, 6.07) is 16.3. The van der Waals surface area contributed by atoms with Crippen LogP contribution in [0.2, 0.25) is 0 Å². The van der Waals surface area contributed by atoms with Crippen LogP contribution in [0.5, 0.6) is 0 Å². The minimum Gasteiger partial charge on any atom is -0.390 e. The smallest absolute Gasteiger partial charge is 0.220 e. The predicted octanol–water partition coefficient (Wildman–Crippen LogP) is 1.80. The van der Waals surface area contributed by atoms with Gasteiger partial charge in [-0.15, -0.1) is 0 Å². The number of nitrogens with zero attached hydrogens (tertiary/aromatic N) is 3. The summed E-state index contributed by atoms with van der Waals surface area (Å²) >= 11 is 0. The fourth-order valence-corrected chi connectivity index (χ4v) is 3.75. The molecule has 146 valence electrons. The van der Waals surface area contributed by atoms with Crippen molar-refractivity contribution in [3.05, 3.63) is 71.5 Å². The van der Waals surface area contributed by atoms with Gasteiger partial charge in [-0.25, -0.2) is 4.52 Å². The molecule has 1 aliphatic heterocycles. The summed E-state index contributed by atoms with van der Waals surface area (Å²) < 4.78 is 1.81. The summed E-state index contributed by atoms with van der Waals surface area (Å²) in [5.41, 5.74) is 4.65. The number of aryl methyl sites for hydroxylation is 1. The van der Waals surface area contributed by atoms with Gasteiger partial charge in [-0.3, -0.25) is 9.69 Å². The van der Waals surface area contributed by atoms with Crippen LogP contribution in [0, 0.1) is 0 Å². The normalized spacial score (nSPS) is 15.3. The van der Waals surface area contributed by atoms with Crippen molar-refractivity contribution in [1.82, 2.24) is 19.8 Å². The molecule has 1 aliphatic rings. The Morgan fingerprint density at radius 3 is 2.86 bits per heavy atom. The highest BCUT2D eigenvalue weighted by Gasteiger charge is 2.18. The van der Waals surface area contributed by atoms with Gasteiger partial charge in [0.25, 0.3) is 0 Å². The molecule has 1 unspecified atom stereocenters. The van der Waals surface area contributed by atoms with Crippen LogP contribution >= 0.6 is 0 Å². The van der Waals surface area contributed by atoms with E-state index in [1.54, 1.807) is 0 Å². The Bertz CT molecular complexity index is 919. The minimum absolute atomic E-state index is 0.0555. The number of benzene rings is 1. The Hall–Kier alpha value is -2.70. The quantitative estimate of drug-likeness (QED) is 0.658. The molecule has 0 radical (unpaired) electrons. The first kappa shape index (κ1) is 18.7. The second kappa shape index (κ2) is 8.54. The lowest BCUT2D eigenvalue weighted by molar-refractivity contribution is -0.121. The highest BCUT2D eigenvalue weighted by Crippen LogP contribution is 2.18. The van der Waals surface area contributed by atoms with Crippen LogP contribution < -0.4 is 5.32 Å². The number of rotatable bonds is 7. The molecular formula is C22H26N4O2. The van der Waals surface area contributed by atoms with Gasteiger partial charge >= 0.3 is 0 Å². The van der Waals surface area contributed by atoms with E-state index in [9.17, 15) is 9.90 Å². The van der Waals surface area contributed by atoms with Crippen molar-refractivity contribution in [2.45, 2.75) is 31.9 Å². The van der Waals surface area contributed by atoms with Gasteiger partial charge < -0.3 is 10.4 Å². The molecule has 28 heavy (non-hydrogen) atoms. The summed E-state index contributed by atoms with van der Waals surface area (Å²) in [6.45, 7) is 2.65. The van der Waals surface area contributed by atoms with E-state index in [0.29, 0.717) is 19.4 Å². The van der Waals surface area contributed by atoms with Gasteiger partial charge in [-0.2, -0.15) is 5.10 Å². The number of aliphatic hydroxyl groups is 1. The molecule has 4 rings (SSSR count). The number of aliphatic hydroxyl groups excluding tert-OH is 1. The van der Waals surface area contributed by atoms with Crippen LogP contribution in [0.3, 0.4) is 0 Å². The molecule has 0 saturated heterocycles. The first-order valence-electron chi connectivity index (χ1n) is 9.84. The van der Waals surface area contributed by atoms with Crippen LogP contribution in [0.25, 0.3) is 5.52 Å². The predicted molar refractivity (Wildman–Crippen MR) is 108 cm³/mol. The average molecular weight is 378 g/mol. The number of carbonyl (C=O) groups is 1. The van der Waals surface area contributed by atoms with Crippen LogP contribution in [0.15, 0.2) is 54.7 Å². The Balaban J connectivity index is 1.19. The Morgan fingerprint density at radius 2 is 2.00 bits per heavy atom. The van der Waals surface area contributed by atoms with E-state index in [2.05, 4.69) is 39.6 Å². The van der Waals surface area contributed by atoms with E-state index in [1.165, 1.54) is 11.1 Å². The van der Waals surface area contributed by atoms with Crippen molar-refractivity contribution in [2.75, 3.05) is 19.6 Å². The number of β-amino-alcohol motifs (C(OH)–C–C–N with tert-alkyl or cyclic N) is 1. The van der Waals surface area contributed by atoms with Crippen molar-refractivity contribution in [1.29, 1.82) is 0 Å². The maximum absolute atomic E-state index is 12.1. The highest BCUT2D eigenvalue weighted by atomic mass is 16.3. The molecule has 1 atom stereocenters. The average Bonchev–Trinajstić information content (AvgIpc) is 3.14. The van der Waals surface area contributed by atoms with E-state index in [4.69, 9.17) is 0 Å². The molecule has 3 heterocycles. The molecule has 2 aromatic heterocycles. The molecule has 0 spiro atoms. The van der Waals surface area contributed by atoms with E-state index < -0.39 is 6.10 Å². The lowest BCUT2D eigenvalue weighted by Crippen LogP contribution is -2.42. The van der Waals surface area contributed by atoms with Crippen molar-refractivity contribution in [2.24, 2.45) is 0 Å². The second-order valence-electron chi connectivity index (χ2n) is 7.42. The summed E-state index contributed by atoms with van der Waals surface area (Å²) in [4.78, 5) is 14.4. The van der Waals surface area contributed by atoms with Crippen molar-refractivity contribution >= 4 is 11.4 Å². The number of hydrogen-bond donors (Lipinski definition) is 2. The third kappa shape index (κ3) is 4.58. The van der Waals surface area contributed by atoms with Gasteiger partial charge in [0.05, 0.1) is 17.3 Å². The fourth-order valence-electron chi connectivity index (χ4n) is 3.75. The Morgan fingerprint density at radius 1 is 1.18 bits per heavy atom. The van der Waals surface area contributed by atoms with Crippen molar-refractivity contribution < 1.29 is 9.90 Å². The van der Waals surface area contributed by atoms with Crippen LogP contribution in [-0.4, -0.2) is 51.3 Å². The first-order valence-corrected chi connectivity index (χ1v) is 9.84. The fraction of sp³-hybridized carbons (Fsp3) is 0.364. The molecule has 0 fully saturated rings. The molecule has 0 saturated carbocycles. The number of pyridine rings is 1. The molecule has 1 aromatic carbocycles. The molecule has 6 heteroatoms. The van der Waals surface area contributed by atoms with Gasteiger partial charge in [-0.05, 0) is 35.7 Å². The Labute approximate surface area is 164 Å². The highest BCUT2D eigenvalue weighted by molar-refractivity contribution is 5.76. The van der Waals surface area contributed by atoms with E-state index in [0.717, 1.165) is 30.7 Å². The lowest BCUT2D eigenvalue weighted by Gasteiger charge is -2.30. The zero-order valence-corrected chi connectivity index (χ0v) is 15.9. The summed E-state index contributed by atoms with van der Waals surface area (Å²) in [6.07, 6.45) is 3.30. The third-order valence-corrected chi connectivity index (χ3v) is 5.24. The summed E-state index contributed by atoms with van der Waals surface area (Å²) in [7, 11) is 0. The summed E-state index contributed by atoms with van der Waals surface area (Å²) in [5.74, 6) is -0.0555. The first-order chi connectivity index (χ1) is 13.7. The monoisotopic (exact) mass is 378 g/mol. The van der Waals surface area contributed by atoms with E-state index in [1.807, 2.05) is 35.0 Å². The summed E-state index contributed by atoms with van der Waals surface area (Å²) in [5, 5.41) is 17.6. The maximum atomic E-state index is 12.1. The number of hydrogen-bond acceptors (Lipinski definition) is 4. The number of aromatic nitrogens is 2. The van der Waals surface area contributed by atoms with Crippen molar-refractivity contribution in [3.8, 4) is 0 Å². The lowest BCUT2D eigenvalue weighted by atomic mass is 10.00. The standard InChI is InChI=1S/C22H26N4O2/c27-21(16-25-12-10-17-5-1-2-6-18(17)15-25)14-23-22(28)9-8-19-13-20-7-3-4-11-26(20)24-19/h1-7,11,13,21,27H,8-10,12,14-16H2,(H,23,28). The zero-order valence-electron chi connectivity index (χ0n) is 15.9.